The van der Waals surface area contributed by atoms with Crippen molar-refractivity contribution in [2.24, 2.45) is 0 Å². The summed E-state index contributed by atoms with van der Waals surface area (Å²) in [5.74, 6) is 0. The Morgan fingerprint density at radius 2 is 1.83 bits per heavy atom. The summed E-state index contributed by atoms with van der Waals surface area (Å²) in [4.78, 5) is 2.54. The van der Waals surface area contributed by atoms with Gasteiger partial charge in [0.1, 0.15) is 0 Å². The lowest BCUT2D eigenvalue weighted by Gasteiger charge is -2.46. The molecule has 2 aliphatic heterocycles. The molecule has 1 spiro atoms. The maximum absolute atomic E-state index is 9.25. The Morgan fingerprint density at radius 3 is 2.50 bits per heavy atom. The van der Waals surface area contributed by atoms with Gasteiger partial charge in [-0.05, 0) is 38.5 Å². The van der Waals surface area contributed by atoms with E-state index in [1.54, 1.807) is 0 Å². The highest BCUT2D eigenvalue weighted by atomic mass is 16.5. The van der Waals surface area contributed by atoms with Crippen LogP contribution in [0.5, 0.6) is 0 Å². The van der Waals surface area contributed by atoms with Crippen LogP contribution >= 0.6 is 0 Å². The average Bonchev–Trinajstić information content (AvgIpc) is 3.21. The number of aliphatic hydroxyl groups is 1. The van der Waals surface area contributed by atoms with Crippen molar-refractivity contribution in [3.63, 3.8) is 0 Å². The molecule has 3 rings (SSSR count). The number of nitrogens with zero attached hydrogens (tertiary/aromatic N) is 1. The predicted octanol–water partition coefficient (Wildman–Crippen LogP) is 1.17. The van der Waals surface area contributed by atoms with Gasteiger partial charge in [-0.3, -0.25) is 4.90 Å². The molecule has 0 radical (unpaired) electrons. The molecule has 3 fully saturated rings. The molecule has 0 aromatic rings. The van der Waals surface area contributed by atoms with Crippen molar-refractivity contribution in [3.8, 4) is 0 Å². The van der Waals surface area contributed by atoms with Crippen LogP contribution in [-0.4, -0.2) is 60.7 Å². The number of aliphatic hydroxyl groups excluding tert-OH is 1. The lowest BCUT2D eigenvalue weighted by molar-refractivity contribution is -0.152. The molecule has 0 amide bonds. The molecule has 0 bridgehead atoms. The van der Waals surface area contributed by atoms with Gasteiger partial charge in [0.05, 0.1) is 12.2 Å². The molecule has 0 aromatic carbocycles. The van der Waals surface area contributed by atoms with Crippen molar-refractivity contribution in [2.45, 2.75) is 56.2 Å². The molecule has 104 valence electrons. The summed E-state index contributed by atoms with van der Waals surface area (Å²) in [6.07, 6.45) is 6.97. The lowest BCUT2D eigenvalue weighted by Crippen LogP contribution is -2.52. The van der Waals surface area contributed by atoms with Gasteiger partial charge in [0, 0.05) is 38.4 Å². The highest BCUT2D eigenvalue weighted by Crippen LogP contribution is 2.39. The topological polar surface area (TPSA) is 41.9 Å². The molecule has 4 heteroatoms. The molecule has 2 saturated heterocycles. The second-order valence-electron chi connectivity index (χ2n) is 5.98. The summed E-state index contributed by atoms with van der Waals surface area (Å²) in [6.45, 7) is 3.68. The Kier molecular flexibility index (Phi) is 3.89. The molecule has 2 heterocycles. The fourth-order valence-corrected chi connectivity index (χ4v) is 3.56. The van der Waals surface area contributed by atoms with Crippen LogP contribution in [0.2, 0.25) is 0 Å². The van der Waals surface area contributed by atoms with Crippen LogP contribution in [0.3, 0.4) is 0 Å². The Labute approximate surface area is 109 Å². The Bertz CT molecular complexity index is 269. The Hall–Kier alpha value is -0.160. The zero-order valence-electron chi connectivity index (χ0n) is 11.1. The summed E-state index contributed by atoms with van der Waals surface area (Å²) in [5.41, 5.74) is 0.0732. The molecule has 1 unspecified atom stereocenters. The van der Waals surface area contributed by atoms with Gasteiger partial charge in [-0.1, -0.05) is 0 Å². The van der Waals surface area contributed by atoms with Crippen molar-refractivity contribution < 1.29 is 14.6 Å². The van der Waals surface area contributed by atoms with E-state index >= 15 is 0 Å². The summed E-state index contributed by atoms with van der Waals surface area (Å²) >= 11 is 0. The van der Waals surface area contributed by atoms with Crippen LogP contribution in [0.15, 0.2) is 0 Å². The second-order valence-corrected chi connectivity index (χ2v) is 5.98. The van der Waals surface area contributed by atoms with Crippen LogP contribution in [0.25, 0.3) is 0 Å². The molecule has 1 aliphatic carbocycles. The van der Waals surface area contributed by atoms with Gasteiger partial charge in [0.25, 0.3) is 0 Å². The number of hydrogen-bond acceptors (Lipinski definition) is 4. The normalized spacial score (nSPS) is 32.0. The molecular weight excluding hydrogens is 230 g/mol. The average molecular weight is 255 g/mol. The molecule has 3 aliphatic rings. The largest absolute Gasteiger partial charge is 0.395 e. The summed E-state index contributed by atoms with van der Waals surface area (Å²) in [7, 11) is 0. The number of rotatable bonds is 4. The van der Waals surface area contributed by atoms with Gasteiger partial charge in [-0.2, -0.15) is 0 Å². The molecule has 1 atom stereocenters. The maximum Gasteiger partial charge on any atom is 0.0741 e. The first kappa shape index (κ1) is 12.9. The highest BCUT2D eigenvalue weighted by molar-refractivity contribution is 4.96. The third kappa shape index (κ3) is 2.72. The van der Waals surface area contributed by atoms with Gasteiger partial charge in [-0.25, -0.2) is 0 Å². The summed E-state index contributed by atoms with van der Waals surface area (Å²) in [6, 6.07) is 1.34. The van der Waals surface area contributed by atoms with Gasteiger partial charge in [-0.15, -0.1) is 0 Å². The van der Waals surface area contributed by atoms with Crippen LogP contribution in [0, 0.1) is 0 Å². The van der Waals surface area contributed by atoms with Crippen LogP contribution in [0.1, 0.15) is 38.5 Å². The minimum atomic E-state index is 0.0732. The quantitative estimate of drug-likeness (QED) is 0.819. The molecule has 1 saturated carbocycles. The van der Waals surface area contributed by atoms with Gasteiger partial charge >= 0.3 is 0 Å². The maximum atomic E-state index is 9.25. The Morgan fingerprint density at radius 1 is 1.06 bits per heavy atom. The van der Waals surface area contributed by atoms with Crippen molar-refractivity contribution in [3.05, 3.63) is 0 Å². The highest BCUT2D eigenvalue weighted by Gasteiger charge is 2.43. The predicted molar refractivity (Wildman–Crippen MR) is 68.6 cm³/mol. The first-order chi connectivity index (χ1) is 8.83. The van der Waals surface area contributed by atoms with Gasteiger partial charge < -0.3 is 14.6 Å². The van der Waals surface area contributed by atoms with E-state index in [0.29, 0.717) is 6.04 Å². The smallest absolute Gasteiger partial charge is 0.0741 e. The first-order valence-corrected chi connectivity index (χ1v) is 7.41. The molecule has 4 nitrogen and oxygen atoms in total. The summed E-state index contributed by atoms with van der Waals surface area (Å²) in [5, 5.41) is 9.25. The monoisotopic (exact) mass is 255 g/mol. The van der Waals surface area contributed by atoms with Gasteiger partial charge in [0.15, 0.2) is 0 Å². The lowest BCUT2D eigenvalue weighted by atomic mass is 9.83. The molecule has 18 heavy (non-hydrogen) atoms. The van der Waals surface area contributed by atoms with E-state index in [1.165, 1.54) is 12.8 Å². The van der Waals surface area contributed by atoms with E-state index < -0.39 is 0 Å². The number of ether oxygens (including phenoxy) is 2. The zero-order valence-corrected chi connectivity index (χ0v) is 11.1. The van der Waals surface area contributed by atoms with E-state index in [0.717, 1.165) is 58.1 Å². The van der Waals surface area contributed by atoms with Gasteiger partial charge in [0.2, 0.25) is 0 Å². The minimum absolute atomic E-state index is 0.0732. The zero-order chi connectivity index (χ0) is 12.4. The second kappa shape index (κ2) is 5.45. The molecule has 1 N–H and O–H groups in total. The first-order valence-electron chi connectivity index (χ1n) is 7.41. The van der Waals surface area contributed by atoms with E-state index in [-0.39, 0.29) is 12.2 Å². The third-order valence-electron chi connectivity index (χ3n) is 4.71. The van der Waals surface area contributed by atoms with E-state index in [1.807, 2.05) is 0 Å². The number of hydrogen-bond donors (Lipinski definition) is 1. The van der Waals surface area contributed by atoms with Crippen molar-refractivity contribution in [1.29, 1.82) is 0 Å². The van der Waals surface area contributed by atoms with Crippen LogP contribution < -0.4 is 0 Å². The minimum Gasteiger partial charge on any atom is -0.395 e. The Balaban J connectivity index is 1.64. The van der Waals surface area contributed by atoms with Crippen LogP contribution in [0.4, 0.5) is 0 Å². The fourth-order valence-electron chi connectivity index (χ4n) is 3.56. The SMILES string of the molecule is OCCN(C1CC1)C1CCOC2(CCOCC2)C1. The fraction of sp³-hybridized carbons (Fsp3) is 1.00. The standard InChI is InChI=1S/C14H25NO3/c16-7-6-15(12-1-2-12)13-3-8-18-14(11-13)4-9-17-10-5-14/h12-13,16H,1-11H2. The van der Waals surface area contributed by atoms with E-state index in [9.17, 15) is 5.11 Å². The summed E-state index contributed by atoms with van der Waals surface area (Å²) < 4.78 is 11.6. The molecule has 0 aromatic heterocycles. The van der Waals surface area contributed by atoms with E-state index in [2.05, 4.69) is 4.90 Å². The van der Waals surface area contributed by atoms with Crippen molar-refractivity contribution in [2.75, 3.05) is 33.0 Å². The molecular formula is C14H25NO3. The van der Waals surface area contributed by atoms with Crippen molar-refractivity contribution >= 4 is 0 Å². The van der Waals surface area contributed by atoms with Crippen LogP contribution in [-0.2, 0) is 9.47 Å². The van der Waals surface area contributed by atoms with Crippen molar-refractivity contribution in [1.82, 2.24) is 4.90 Å². The third-order valence-corrected chi connectivity index (χ3v) is 4.71. The van der Waals surface area contributed by atoms with E-state index in [4.69, 9.17) is 9.47 Å².